The van der Waals surface area contributed by atoms with Crippen LogP contribution in [0.25, 0.3) is 11.3 Å². The van der Waals surface area contributed by atoms with E-state index < -0.39 is 11.7 Å². The molecule has 0 radical (unpaired) electrons. The molecule has 20 heavy (non-hydrogen) atoms. The molecule has 0 atom stereocenters. The molecule has 0 saturated heterocycles. The van der Waals surface area contributed by atoms with E-state index in [2.05, 4.69) is 5.10 Å². The molecular weight excluding hydrogens is 265 g/mol. The number of halogens is 3. The Hall–Kier alpha value is -1.78. The SMILES string of the molecule is Cc1cn(CC2CC2)nc1-c1ccc(C(F)(F)F)cc1. The number of hydrogen-bond acceptors (Lipinski definition) is 1. The van der Waals surface area contributed by atoms with Gasteiger partial charge in [-0.2, -0.15) is 18.3 Å². The second kappa shape index (κ2) is 4.65. The summed E-state index contributed by atoms with van der Waals surface area (Å²) in [5.74, 6) is 0.717. The van der Waals surface area contributed by atoms with Crippen LogP contribution in [0.3, 0.4) is 0 Å². The Morgan fingerprint density at radius 3 is 2.40 bits per heavy atom. The second-order valence-corrected chi connectivity index (χ2v) is 5.40. The van der Waals surface area contributed by atoms with Gasteiger partial charge in [-0.15, -0.1) is 0 Å². The minimum Gasteiger partial charge on any atom is -0.272 e. The third-order valence-corrected chi connectivity index (χ3v) is 3.57. The molecule has 5 heteroatoms. The van der Waals surface area contributed by atoms with E-state index in [0.29, 0.717) is 0 Å². The van der Waals surface area contributed by atoms with Crippen molar-refractivity contribution in [2.45, 2.75) is 32.5 Å². The fraction of sp³-hybridized carbons (Fsp3) is 0.400. The Morgan fingerprint density at radius 2 is 1.85 bits per heavy atom. The molecule has 1 saturated carbocycles. The number of aromatic nitrogens is 2. The zero-order chi connectivity index (χ0) is 14.3. The highest BCUT2D eigenvalue weighted by atomic mass is 19.4. The summed E-state index contributed by atoms with van der Waals surface area (Å²) in [6.45, 7) is 2.84. The van der Waals surface area contributed by atoms with Crippen molar-refractivity contribution in [3.8, 4) is 11.3 Å². The molecule has 0 N–H and O–H groups in total. The summed E-state index contributed by atoms with van der Waals surface area (Å²) in [7, 11) is 0. The highest BCUT2D eigenvalue weighted by molar-refractivity contribution is 5.62. The average Bonchev–Trinajstić information content (AvgIpc) is 3.11. The smallest absolute Gasteiger partial charge is 0.272 e. The molecule has 106 valence electrons. The third kappa shape index (κ3) is 2.71. The van der Waals surface area contributed by atoms with Gasteiger partial charge in [-0.05, 0) is 43.4 Å². The molecule has 3 rings (SSSR count). The van der Waals surface area contributed by atoms with Crippen LogP contribution in [0.1, 0.15) is 24.0 Å². The largest absolute Gasteiger partial charge is 0.416 e. The van der Waals surface area contributed by atoms with Gasteiger partial charge in [0.05, 0.1) is 11.3 Å². The number of nitrogens with zero attached hydrogens (tertiary/aromatic N) is 2. The van der Waals surface area contributed by atoms with E-state index in [0.717, 1.165) is 41.4 Å². The van der Waals surface area contributed by atoms with Crippen molar-refractivity contribution in [1.82, 2.24) is 9.78 Å². The summed E-state index contributed by atoms with van der Waals surface area (Å²) in [6.07, 6.45) is 0.160. The van der Waals surface area contributed by atoms with Crippen molar-refractivity contribution in [2.75, 3.05) is 0 Å². The summed E-state index contributed by atoms with van der Waals surface area (Å²) in [5.41, 5.74) is 1.85. The zero-order valence-corrected chi connectivity index (χ0v) is 11.1. The lowest BCUT2D eigenvalue weighted by atomic mass is 10.1. The molecule has 0 aliphatic heterocycles. The Balaban J connectivity index is 1.86. The maximum absolute atomic E-state index is 12.5. The minimum absolute atomic E-state index is 0.628. The predicted octanol–water partition coefficient (Wildman–Crippen LogP) is 4.29. The molecule has 0 unspecified atom stereocenters. The number of alkyl halides is 3. The van der Waals surface area contributed by atoms with Gasteiger partial charge in [-0.1, -0.05) is 12.1 Å². The lowest BCUT2D eigenvalue weighted by Crippen LogP contribution is -2.04. The van der Waals surface area contributed by atoms with Crippen molar-refractivity contribution >= 4 is 0 Å². The Morgan fingerprint density at radius 1 is 1.20 bits per heavy atom. The van der Waals surface area contributed by atoms with Crippen LogP contribution in [0.2, 0.25) is 0 Å². The average molecular weight is 280 g/mol. The van der Waals surface area contributed by atoms with Gasteiger partial charge in [-0.3, -0.25) is 4.68 Å². The van der Waals surface area contributed by atoms with Crippen LogP contribution in [0.5, 0.6) is 0 Å². The van der Waals surface area contributed by atoms with E-state index in [-0.39, 0.29) is 0 Å². The molecule has 1 heterocycles. The van der Waals surface area contributed by atoms with Crippen LogP contribution in [0, 0.1) is 12.8 Å². The predicted molar refractivity (Wildman–Crippen MR) is 70.1 cm³/mol. The van der Waals surface area contributed by atoms with E-state index in [4.69, 9.17) is 0 Å². The number of hydrogen-bond donors (Lipinski definition) is 0. The standard InChI is InChI=1S/C15H15F3N2/c1-10-8-20(9-11-2-3-11)19-14(10)12-4-6-13(7-5-12)15(16,17)18/h4-8,11H,2-3,9H2,1H3. The highest BCUT2D eigenvalue weighted by Gasteiger charge is 2.30. The molecule has 0 bridgehead atoms. The van der Waals surface area contributed by atoms with Crippen LogP contribution in [0.4, 0.5) is 13.2 Å². The summed E-state index contributed by atoms with van der Waals surface area (Å²) in [5, 5.41) is 4.49. The van der Waals surface area contributed by atoms with E-state index in [1.54, 1.807) is 0 Å². The van der Waals surface area contributed by atoms with Crippen molar-refractivity contribution in [2.24, 2.45) is 5.92 Å². The first kappa shape index (κ1) is 13.2. The van der Waals surface area contributed by atoms with Crippen molar-refractivity contribution in [3.05, 3.63) is 41.6 Å². The maximum Gasteiger partial charge on any atom is 0.416 e. The van der Waals surface area contributed by atoms with Crippen molar-refractivity contribution in [3.63, 3.8) is 0 Å². The van der Waals surface area contributed by atoms with Gasteiger partial charge in [0.15, 0.2) is 0 Å². The highest BCUT2D eigenvalue weighted by Crippen LogP contribution is 2.33. The van der Waals surface area contributed by atoms with Gasteiger partial charge in [0.1, 0.15) is 0 Å². The zero-order valence-electron chi connectivity index (χ0n) is 11.1. The topological polar surface area (TPSA) is 17.8 Å². The second-order valence-electron chi connectivity index (χ2n) is 5.40. The third-order valence-electron chi connectivity index (χ3n) is 3.57. The number of benzene rings is 1. The first-order chi connectivity index (χ1) is 9.43. The molecule has 1 fully saturated rings. The van der Waals surface area contributed by atoms with E-state index >= 15 is 0 Å². The fourth-order valence-corrected chi connectivity index (χ4v) is 2.28. The molecule has 1 aliphatic rings. The number of rotatable bonds is 3. The first-order valence-electron chi connectivity index (χ1n) is 6.65. The van der Waals surface area contributed by atoms with Gasteiger partial charge < -0.3 is 0 Å². The molecule has 2 nitrogen and oxygen atoms in total. The quantitative estimate of drug-likeness (QED) is 0.820. The lowest BCUT2D eigenvalue weighted by molar-refractivity contribution is -0.137. The molecule has 1 aromatic heterocycles. The van der Waals surface area contributed by atoms with Crippen molar-refractivity contribution in [1.29, 1.82) is 0 Å². The number of aryl methyl sites for hydroxylation is 1. The van der Waals surface area contributed by atoms with E-state index in [9.17, 15) is 13.2 Å². The Bertz CT molecular complexity index is 607. The molecule has 2 aromatic rings. The molecule has 1 aliphatic carbocycles. The van der Waals surface area contributed by atoms with Crippen LogP contribution in [-0.2, 0) is 12.7 Å². The van der Waals surface area contributed by atoms with Gasteiger partial charge in [0, 0.05) is 18.3 Å². The minimum atomic E-state index is -4.29. The molecule has 1 aromatic carbocycles. The summed E-state index contributed by atoms with van der Waals surface area (Å²) in [4.78, 5) is 0. The Kier molecular flexibility index (Phi) is 3.07. The van der Waals surface area contributed by atoms with E-state index in [1.807, 2.05) is 17.8 Å². The molecule has 0 amide bonds. The van der Waals surface area contributed by atoms with E-state index in [1.165, 1.54) is 25.0 Å². The van der Waals surface area contributed by atoms with Crippen LogP contribution in [-0.4, -0.2) is 9.78 Å². The molecular formula is C15H15F3N2. The van der Waals surface area contributed by atoms with Crippen LogP contribution in [0.15, 0.2) is 30.5 Å². The monoisotopic (exact) mass is 280 g/mol. The first-order valence-corrected chi connectivity index (χ1v) is 6.65. The van der Waals surface area contributed by atoms with Gasteiger partial charge in [-0.25, -0.2) is 0 Å². The van der Waals surface area contributed by atoms with Crippen molar-refractivity contribution < 1.29 is 13.2 Å². The fourth-order valence-electron chi connectivity index (χ4n) is 2.28. The summed E-state index contributed by atoms with van der Waals surface area (Å²) in [6, 6.07) is 5.18. The summed E-state index contributed by atoms with van der Waals surface area (Å²) < 4.78 is 39.5. The maximum atomic E-state index is 12.5. The van der Waals surface area contributed by atoms with Gasteiger partial charge >= 0.3 is 6.18 Å². The summed E-state index contributed by atoms with van der Waals surface area (Å²) >= 11 is 0. The molecule has 0 spiro atoms. The van der Waals surface area contributed by atoms with Gasteiger partial charge in [0.25, 0.3) is 0 Å². The normalized spacial score (nSPS) is 15.6. The van der Waals surface area contributed by atoms with Gasteiger partial charge in [0.2, 0.25) is 0 Å². The van der Waals surface area contributed by atoms with Crippen LogP contribution >= 0.6 is 0 Å². The Labute approximate surface area is 115 Å². The lowest BCUT2D eigenvalue weighted by Gasteiger charge is -2.07. The van der Waals surface area contributed by atoms with Crippen LogP contribution < -0.4 is 0 Å².